The van der Waals surface area contributed by atoms with Crippen molar-refractivity contribution in [3.8, 4) is 0 Å². The lowest BCUT2D eigenvalue weighted by molar-refractivity contribution is -0.411. The van der Waals surface area contributed by atoms with E-state index < -0.39 is 0 Å². The summed E-state index contributed by atoms with van der Waals surface area (Å²) in [6.45, 7) is 10.4. The Morgan fingerprint density at radius 1 is 1.32 bits per heavy atom. The van der Waals surface area contributed by atoms with Crippen molar-refractivity contribution in [3.05, 3.63) is 11.1 Å². The molecule has 0 bridgehead atoms. The summed E-state index contributed by atoms with van der Waals surface area (Å²) in [5.74, 6) is -0.595. The van der Waals surface area contributed by atoms with Gasteiger partial charge in [0.05, 0.1) is 19.1 Å². The standard InChI is InChI=1S/C20H34O5/c1-13-15(19(3,4)10-8-16(13)21)7-11-20(5)12-9-17(24-25-20)14(2)18(22)23-6/h14,16-17,21H,7-12H2,1-6H3/t14-,16?,17+,20-/m1/s1. The fourth-order valence-corrected chi connectivity index (χ4v) is 4.08. The molecular weight excluding hydrogens is 320 g/mol. The van der Waals surface area contributed by atoms with Gasteiger partial charge >= 0.3 is 5.97 Å². The van der Waals surface area contributed by atoms with Gasteiger partial charge in [0, 0.05) is 0 Å². The lowest BCUT2D eigenvalue weighted by atomic mass is 9.69. The first kappa shape index (κ1) is 20.4. The third-order valence-corrected chi connectivity index (χ3v) is 6.20. The van der Waals surface area contributed by atoms with Gasteiger partial charge in [-0.2, -0.15) is 0 Å². The second-order valence-corrected chi connectivity index (χ2v) is 8.62. The molecule has 1 heterocycles. The number of esters is 1. The Bertz CT molecular complexity index is 514. The predicted octanol–water partition coefficient (Wildman–Crippen LogP) is 3.94. The fourth-order valence-electron chi connectivity index (χ4n) is 4.08. The summed E-state index contributed by atoms with van der Waals surface area (Å²) in [6.07, 6.45) is 4.63. The highest BCUT2D eigenvalue weighted by atomic mass is 17.2. The van der Waals surface area contributed by atoms with Crippen molar-refractivity contribution in [1.82, 2.24) is 0 Å². The first-order chi connectivity index (χ1) is 11.6. The number of aliphatic hydroxyl groups is 1. The molecular formula is C20H34O5. The molecule has 0 amide bonds. The fraction of sp³-hybridized carbons (Fsp3) is 0.850. The summed E-state index contributed by atoms with van der Waals surface area (Å²) >= 11 is 0. The maximum absolute atomic E-state index is 11.7. The van der Waals surface area contributed by atoms with Crippen LogP contribution in [0.5, 0.6) is 0 Å². The highest BCUT2D eigenvalue weighted by molar-refractivity contribution is 5.72. The van der Waals surface area contributed by atoms with Gasteiger partial charge in [-0.25, -0.2) is 9.78 Å². The number of rotatable bonds is 5. The van der Waals surface area contributed by atoms with Crippen LogP contribution in [0.2, 0.25) is 0 Å². The Morgan fingerprint density at radius 3 is 2.56 bits per heavy atom. The molecule has 1 N–H and O–H groups in total. The van der Waals surface area contributed by atoms with Crippen LogP contribution in [0.25, 0.3) is 0 Å². The van der Waals surface area contributed by atoms with Crippen molar-refractivity contribution in [2.45, 2.75) is 91.0 Å². The number of hydrogen-bond donors (Lipinski definition) is 1. The van der Waals surface area contributed by atoms with E-state index in [0.717, 1.165) is 44.1 Å². The number of aliphatic hydroxyl groups excluding tert-OH is 1. The smallest absolute Gasteiger partial charge is 0.311 e. The minimum atomic E-state index is -0.363. The highest BCUT2D eigenvalue weighted by Crippen LogP contribution is 2.44. The molecule has 25 heavy (non-hydrogen) atoms. The van der Waals surface area contributed by atoms with Gasteiger partial charge in [-0.3, -0.25) is 4.79 Å². The quantitative estimate of drug-likeness (QED) is 0.460. The SMILES string of the molecule is COC(=O)[C@H](C)[C@@H]1CC[C@@](C)(CCC2=C(C)C(O)CCC2(C)C)OO1. The van der Waals surface area contributed by atoms with E-state index in [4.69, 9.17) is 14.5 Å². The van der Waals surface area contributed by atoms with Crippen molar-refractivity contribution in [3.63, 3.8) is 0 Å². The van der Waals surface area contributed by atoms with Crippen LogP contribution in [0.3, 0.4) is 0 Å². The van der Waals surface area contributed by atoms with Crippen LogP contribution in [-0.2, 0) is 19.3 Å². The Balaban J connectivity index is 1.95. The van der Waals surface area contributed by atoms with Gasteiger partial charge in [0.2, 0.25) is 0 Å². The molecule has 1 unspecified atom stereocenters. The third-order valence-electron chi connectivity index (χ3n) is 6.20. The molecule has 2 aliphatic rings. The van der Waals surface area contributed by atoms with Gasteiger partial charge in [0.25, 0.3) is 0 Å². The number of methoxy groups -OCH3 is 1. The number of hydrogen-bond acceptors (Lipinski definition) is 5. The Labute approximate surface area is 151 Å². The van der Waals surface area contributed by atoms with E-state index in [-0.39, 0.29) is 35.1 Å². The van der Waals surface area contributed by atoms with Crippen molar-refractivity contribution in [1.29, 1.82) is 0 Å². The van der Waals surface area contributed by atoms with Gasteiger partial charge in [-0.1, -0.05) is 19.4 Å². The van der Waals surface area contributed by atoms with Crippen LogP contribution in [0.1, 0.15) is 73.1 Å². The van der Waals surface area contributed by atoms with E-state index >= 15 is 0 Å². The van der Waals surface area contributed by atoms with Gasteiger partial charge in [0.1, 0.15) is 11.7 Å². The average Bonchev–Trinajstić information content (AvgIpc) is 2.57. The Hall–Kier alpha value is -0.910. The van der Waals surface area contributed by atoms with Gasteiger partial charge in [-0.15, -0.1) is 0 Å². The molecule has 1 aliphatic heterocycles. The van der Waals surface area contributed by atoms with E-state index in [1.54, 1.807) is 0 Å². The summed E-state index contributed by atoms with van der Waals surface area (Å²) in [7, 11) is 1.39. The number of ether oxygens (including phenoxy) is 1. The monoisotopic (exact) mass is 354 g/mol. The minimum Gasteiger partial charge on any atom is -0.469 e. The molecule has 0 saturated carbocycles. The summed E-state index contributed by atoms with van der Waals surface area (Å²) in [5, 5.41) is 10.2. The van der Waals surface area contributed by atoms with E-state index in [2.05, 4.69) is 27.7 Å². The van der Waals surface area contributed by atoms with E-state index in [9.17, 15) is 9.90 Å². The van der Waals surface area contributed by atoms with Crippen molar-refractivity contribution < 1.29 is 24.4 Å². The van der Waals surface area contributed by atoms with Crippen molar-refractivity contribution >= 4 is 5.97 Å². The second-order valence-electron chi connectivity index (χ2n) is 8.62. The zero-order valence-corrected chi connectivity index (χ0v) is 16.6. The third kappa shape index (κ3) is 4.63. The lowest BCUT2D eigenvalue weighted by Crippen LogP contribution is -2.42. The summed E-state index contributed by atoms with van der Waals surface area (Å²) in [4.78, 5) is 22.9. The average molecular weight is 354 g/mol. The summed E-state index contributed by atoms with van der Waals surface area (Å²) in [5.41, 5.74) is 2.23. The van der Waals surface area contributed by atoms with Crippen LogP contribution in [-0.4, -0.2) is 36.0 Å². The number of carbonyl (C=O) groups is 1. The molecule has 0 aromatic carbocycles. The molecule has 2 rings (SSSR count). The zero-order chi connectivity index (χ0) is 18.8. The maximum atomic E-state index is 11.7. The van der Waals surface area contributed by atoms with Crippen LogP contribution in [0.4, 0.5) is 0 Å². The van der Waals surface area contributed by atoms with Crippen molar-refractivity contribution in [2.75, 3.05) is 7.11 Å². The molecule has 5 nitrogen and oxygen atoms in total. The number of carbonyl (C=O) groups excluding carboxylic acids is 1. The molecule has 1 fully saturated rings. The Morgan fingerprint density at radius 2 is 2.00 bits per heavy atom. The maximum Gasteiger partial charge on any atom is 0.311 e. The molecule has 5 heteroatoms. The van der Waals surface area contributed by atoms with Gasteiger partial charge in [0.15, 0.2) is 0 Å². The first-order valence-corrected chi connectivity index (χ1v) is 9.40. The predicted molar refractivity (Wildman–Crippen MR) is 95.7 cm³/mol. The largest absolute Gasteiger partial charge is 0.469 e. The van der Waals surface area contributed by atoms with E-state index in [1.807, 2.05) is 6.92 Å². The first-order valence-electron chi connectivity index (χ1n) is 9.40. The normalized spacial score (nSPS) is 33.9. The molecule has 4 atom stereocenters. The highest BCUT2D eigenvalue weighted by Gasteiger charge is 2.39. The van der Waals surface area contributed by atoms with Crippen LogP contribution in [0.15, 0.2) is 11.1 Å². The number of allylic oxidation sites excluding steroid dienone is 1. The van der Waals surface area contributed by atoms with Gasteiger partial charge in [-0.05, 0) is 70.3 Å². The topological polar surface area (TPSA) is 65.0 Å². The minimum absolute atomic E-state index is 0.122. The molecule has 1 saturated heterocycles. The van der Waals surface area contributed by atoms with Gasteiger partial charge < -0.3 is 9.84 Å². The molecule has 144 valence electrons. The molecule has 0 aromatic rings. The lowest BCUT2D eigenvalue weighted by Gasteiger charge is -2.41. The molecule has 0 radical (unpaired) electrons. The Kier molecular flexibility index (Phi) is 6.34. The molecule has 0 spiro atoms. The summed E-state index contributed by atoms with van der Waals surface area (Å²) in [6, 6.07) is 0. The van der Waals surface area contributed by atoms with E-state index in [0.29, 0.717) is 0 Å². The van der Waals surface area contributed by atoms with Crippen LogP contribution >= 0.6 is 0 Å². The second kappa shape index (κ2) is 7.77. The zero-order valence-electron chi connectivity index (χ0n) is 16.6. The van der Waals surface area contributed by atoms with Crippen LogP contribution < -0.4 is 0 Å². The molecule has 0 aromatic heterocycles. The summed E-state index contributed by atoms with van der Waals surface area (Å²) < 4.78 is 4.78. The van der Waals surface area contributed by atoms with Crippen LogP contribution in [0, 0.1) is 11.3 Å². The van der Waals surface area contributed by atoms with E-state index in [1.165, 1.54) is 12.7 Å². The van der Waals surface area contributed by atoms with Crippen molar-refractivity contribution in [2.24, 2.45) is 11.3 Å². The molecule has 1 aliphatic carbocycles.